The van der Waals surface area contributed by atoms with Crippen LogP contribution in [-0.4, -0.2) is 32.0 Å². The highest BCUT2D eigenvalue weighted by atomic mass is 16.5. The quantitative estimate of drug-likeness (QED) is 0.681. The zero-order chi connectivity index (χ0) is 21.3. The van der Waals surface area contributed by atoms with Crippen LogP contribution in [-0.2, 0) is 9.53 Å². The first kappa shape index (κ1) is 21.1. The van der Waals surface area contributed by atoms with Crippen LogP contribution in [0.3, 0.4) is 0 Å². The highest BCUT2D eigenvalue weighted by molar-refractivity contribution is 5.92. The first-order valence-corrected chi connectivity index (χ1v) is 10.2. The number of anilines is 1. The first-order chi connectivity index (χ1) is 13.6. The lowest BCUT2D eigenvalue weighted by molar-refractivity contribution is -0.130. The van der Waals surface area contributed by atoms with Crippen molar-refractivity contribution in [2.24, 2.45) is 5.41 Å². The maximum atomic E-state index is 13.1. The van der Waals surface area contributed by atoms with Gasteiger partial charge in [0, 0.05) is 26.2 Å². The molecule has 3 rings (SSSR count). The van der Waals surface area contributed by atoms with E-state index in [0.717, 1.165) is 22.4 Å². The fourth-order valence-electron chi connectivity index (χ4n) is 4.28. The van der Waals surface area contributed by atoms with Gasteiger partial charge >= 0.3 is 5.97 Å². The molecule has 29 heavy (non-hydrogen) atoms. The van der Waals surface area contributed by atoms with Gasteiger partial charge in [0.05, 0.1) is 11.5 Å². The van der Waals surface area contributed by atoms with Crippen molar-refractivity contribution in [1.29, 1.82) is 0 Å². The van der Waals surface area contributed by atoms with E-state index in [0.29, 0.717) is 18.4 Å². The maximum absolute atomic E-state index is 13.1. The molecule has 4 nitrogen and oxygen atoms in total. The summed E-state index contributed by atoms with van der Waals surface area (Å²) in [5.74, 6) is -0.636. The molecular formula is C25H31NO3. The van der Waals surface area contributed by atoms with Crippen molar-refractivity contribution in [3.63, 3.8) is 0 Å². The van der Waals surface area contributed by atoms with Crippen LogP contribution in [0.15, 0.2) is 42.5 Å². The molecule has 2 aromatic rings. The van der Waals surface area contributed by atoms with Gasteiger partial charge in [-0.2, -0.15) is 0 Å². The molecule has 2 aromatic carbocycles. The molecule has 1 saturated carbocycles. The second-order valence-corrected chi connectivity index (χ2v) is 9.23. The Labute approximate surface area is 173 Å². The zero-order valence-electron chi connectivity index (χ0n) is 18.3. The van der Waals surface area contributed by atoms with Crippen LogP contribution in [0, 0.1) is 19.3 Å². The van der Waals surface area contributed by atoms with Gasteiger partial charge in [-0.15, -0.1) is 0 Å². The lowest BCUT2D eigenvalue weighted by atomic mass is 9.68. The summed E-state index contributed by atoms with van der Waals surface area (Å²) in [6.07, 6.45) is 0.697. The summed E-state index contributed by atoms with van der Waals surface area (Å²) >= 11 is 0. The van der Waals surface area contributed by atoms with E-state index in [1.807, 2.05) is 57.1 Å². The van der Waals surface area contributed by atoms with Gasteiger partial charge < -0.3 is 9.64 Å². The normalized spacial score (nSPS) is 21.0. The van der Waals surface area contributed by atoms with Gasteiger partial charge in [-0.25, -0.2) is 4.79 Å². The summed E-state index contributed by atoms with van der Waals surface area (Å²) < 4.78 is 5.96. The van der Waals surface area contributed by atoms with Crippen LogP contribution < -0.4 is 4.90 Å². The Balaban J connectivity index is 1.89. The molecule has 0 N–H and O–H groups in total. The van der Waals surface area contributed by atoms with Gasteiger partial charge in [-0.1, -0.05) is 37.6 Å². The number of hydrogen-bond acceptors (Lipinski definition) is 4. The Morgan fingerprint density at radius 2 is 1.72 bits per heavy atom. The van der Waals surface area contributed by atoms with E-state index in [4.69, 9.17) is 4.74 Å². The maximum Gasteiger partial charge on any atom is 0.338 e. The molecule has 0 saturated heterocycles. The molecule has 154 valence electrons. The van der Waals surface area contributed by atoms with E-state index in [-0.39, 0.29) is 17.2 Å². The molecule has 0 spiro atoms. The average molecular weight is 394 g/mol. The molecule has 0 radical (unpaired) electrons. The van der Waals surface area contributed by atoms with E-state index in [1.165, 1.54) is 0 Å². The summed E-state index contributed by atoms with van der Waals surface area (Å²) in [7, 11) is 3.91. The van der Waals surface area contributed by atoms with Crippen LogP contribution in [0.1, 0.15) is 59.7 Å². The number of ketones is 1. The molecule has 0 aromatic heterocycles. The largest absolute Gasteiger partial charge is 0.458 e. The van der Waals surface area contributed by atoms with Crippen molar-refractivity contribution in [2.75, 3.05) is 19.0 Å². The van der Waals surface area contributed by atoms with E-state index in [2.05, 4.69) is 19.9 Å². The van der Waals surface area contributed by atoms with Crippen molar-refractivity contribution in [1.82, 2.24) is 0 Å². The Bertz CT molecular complexity index is 912. The summed E-state index contributed by atoms with van der Waals surface area (Å²) in [5, 5.41) is 0. The Morgan fingerprint density at radius 3 is 2.31 bits per heavy atom. The third kappa shape index (κ3) is 4.69. The van der Waals surface area contributed by atoms with E-state index >= 15 is 0 Å². The molecule has 0 amide bonds. The lowest BCUT2D eigenvalue weighted by Crippen LogP contribution is -2.42. The summed E-state index contributed by atoms with van der Waals surface area (Å²) in [5.41, 5.74) is 4.53. The fraction of sp³-hybridized carbons (Fsp3) is 0.440. The fourth-order valence-corrected chi connectivity index (χ4v) is 4.28. The van der Waals surface area contributed by atoms with Crippen LogP contribution in [0.5, 0.6) is 0 Å². The molecule has 0 bridgehead atoms. The third-order valence-corrected chi connectivity index (χ3v) is 5.76. The van der Waals surface area contributed by atoms with E-state index in [9.17, 15) is 9.59 Å². The average Bonchev–Trinajstić information content (AvgIpc) is 2.62. The predicted octanol–water partition coefficient (Wildman–Crippen LogP) is 5.07. The molecule has 0 heterocycles. The molecule has 2 atom stereocenters. The summed E-state index contributed by atoms with van der Waals surface area (Å²) in [4.78, 5) is 28.0. The van der Waals surface area contributed by atoms with Gasteiger partial charge in [0.25, 0.3) is 0 Å². The van der Waals surface area contributed by atoms with Gasteiger partial charge in [-0.05, 0) is 61.1 Å². The number of ether oxygens (including phenoxy) is 1. The summed E-state index contributed by atoms with van der Waals surface area (Å²) in [6, 6.07) is 13.5. The van der Waals surface area contributed by atoms with Crippen molar-refractivity contribution in [3.05, 3.63) is 64.7 Å². The first-order valence-electron chi connectivity index (χ1n) is 10.2. The topological polar surface area (TPSA) is 46.6 Å². The van der Waals surface area contributed by atoms with Crippen molar-refractivity contribution in [3.8, 4) is 0 Å². The zero-order valence-corrected chi connectivity index (χ0v) is 18.3. The van der Waals surface area contributed by atoms with Crippen molar-refractivity contribution >= 4 is 17.4 Å². The standard InChI is InChI=1S/C25H31NO3/c1-16-7-12-20(17(2)13-16)23-21(27)14-25(3,4)15-22(23)29-24(28)18-8-10-19(11-9-18)26(5)6/h7-13,22-23H,14-15H2,1-6H3. The van der Waals surface area contributed by atoms with Gasteiger partial charge in [-0.3, -0.25) is 4.79 Å². The highest BCUT2D eigenvalue weighted by Crippen LogP contribution is 2.43. The minimum Gasteiger partial charge on any atom is -0.458 e. The second kappa shape index (κ2) is 8.02. The molecule has 1 aliphatic carbocycles. The molecule has 1 fully saturated rings. The van der Waals surface area contributed by atoms with Crippen LogP contribution >= 0.6 is 0 Å². The van der Waals surface area contributed by atoms with Gasteiger partial charge in [0.1, 0.15) is 11.9 Å². The number of carbonyl (C=O) groups is 2. The third-order valence-electron chi connectivity index (χ3n) is 5.76. The van der Waals surface area contributed by atoms with Crippen LogP contribution in [0.25, 0.3) is 0 Å². The van der Waals surface area contributed by atoms with Gasteiger partial charge in [0.2, 0.25) is 0 Å². The highest BCUT2D eigenvalue weighted by Gasteiger charge is 2.44. The lowest BCUT2D eigenvalue weighted by Gasteiger charge is -2.39. The minimum atomic E-state index is -0.464. The Hall–Kier alpha value is -2.62. The van der Waals surface area contributed by atoms with Crippen molar-refractivity contribution < 1.29 is 14.3 Å². The number of hydrogen-bond donors (Lipinski definition) is 0. The second-order valence-electron chi connectivity index (χ2n) is 9.23. The molecule has 1 aliphatic rings. The van der Waals surface area contributed by atoms with E-state index in [1.54, 1.807) is 12.1 Å². The minimum absolute atomic E-state index is 0.147. The number of benzene rings is 2. The SMILES string of the molecule is Cc1ccc(C2C(=O)CC(C)(C)CC2OC(=O)c2ccc(N(C)C)cc2)c(C)c1. The smallest absolute Gasteiger partial charge is 0.338 e. The van der Waals surface area contributed by atoms with Crippen molar-refractivity contribution in [2.45, 2.75) is 52.6 Å². The number of Topliss-reactive ketones (excluding diaryl/α,β-unsaturated/α-hetero) is 1. The van der Waals surface area contributed by atoms with Crippen LogP contribution in [0.4, 0.5) is 5.69 Å². The number of carbonyl (C=O) groups excluding carboxylic acids is 2. The van der Waals surface area contributed by atoms with E-state index < -0.39 is 12.0 Å². The number of rotatable bonds is 4. The molecule has 0 aliphatic heterocycles. The monoisotopic (exact) mass is 393 g/mol. The summed E-state index contributed by atoms with van der Waals surface area (Å²) in [6.45, 7) is 8.19. The number of esters is 1. The van der Waals surface area contributed by atoms with Crippen LogP contribution in [0.2, 0.25) is 0 Å². The predicted molar refractivity (Wildman–Crippen MR) is 117 cm³/mol. The number of aryl methyl sites for hydroxylation is 2. The Morgan fingerprint density at radius 1 is 1.07 bits per heavy atom. The molecular weight excluding hydrogens is 362 g/mol. The number of nitrogens with zero attached hydrogens (tertiary/aromatic N) is 1. The molecule has 4 heteroatoms. The Kier molecular flexibility index (Phi) is 5.83. The van der Waals surface area contributed by atoms with Gasteiger partial charge in [0.15, 0.2) is 0 Å². The molecule has 2 unspecified atom stereocenters.